The molecule has 1 atom stereocenters. The van der Waals surface area contributed by atoms with Crippen molar-refractivity contribution in [2.75, 3.05) is 7.05 Å². The van der Waals surface area contributed by atoms with Gasteiger partial charge in [-0.05, 0) is 124 Å². The molecular formula is C61H65N. The van der Waals surface area contributed by atoms with Crippen LogP contribution in [0.3, 0.4) is 0 Å². The Kier molecular flexibility index (Phi) is 20.9. The predicted molar refractivity (Wildman–Crippen MR) is 277 cm³/mol. The SMILES string of the molecule is C/C=C\C(=C/C)C(C1=C/C=C/C=C\C(CC)=C/C=C/C=C\1)c1ccccc1.C=C/C(=C\Cc1ccc2cc3ccccc3cc2c1)c1cccc(-c2ccccc2)c1.CC.CN. The summed E-state index contributed by atoms with van der Waals surface area (Å²) in [6.45, 7) is 14.4. The van der Waals surface area contributed by atoms with Gasteiger partial charge in [0, 0.05) is 5.92 Å². The van der Waals surface area contributed by atoms with Gasteiger partial charge in [0.1, 0.15) is 0 Å². The Morgan fingerprint density at radius 1 is 0.597 bits per heavy atom. The van der Waals surface area contributed by atoms with E-state index in [0.29, 0.717) is 0 Å². The summed E-state index contributed by atoms with van der Waals surface area (Å²) in [7, 11) is 1.50. The second-order valence-electron chi connectivity index (χ2n) is 14.3. The van der Waals surface area contributed by atoms with Gasteiger partial charge in [0.15, 0.2) is 0 Å². The summed E-state index contributed by atoms with van der Waals surface area (Å²) in [5, 5.41) is 5.14. The summed E-state index contributed by atoms with van der Waals surface area (Å²) >= 11 is 0. The Bertz CT molecular complexity index is 2580. The Balaban J connectivity index is 0.000000255. The summed E-state index contributed by atoms with van der Waals surface area (Å²) in [6, 6.07) is 49.8. The van der Waals surface area contributed by atoms with Gasteiger partial charge in [0.2, 0.25) is 0 Å². The highest BCUT2D eigenvalue weighted by Gasteiger charge is 2.17. The van der Waals surface area contributed by atoms with E-state index < -0.39 is 0 Å². The molecule has 0 radical (unpaired) electrons. The fourth-order valence-electron chi connectivity index (χ4n) is 7.31. The molecule has 0 saturated carbocycles. The van der Waals surface area contributed by atoms with E-state index in [1.54, 1.807) is 0 Å². The molecule has 0 aromatic heterocycles. The van der Waals surface area contributed by atoms with Crippen LogP contribution in [0, 0.1) is 0 Å². The maximum Gasteiger partial charge on any atom is 0.0336 e. The lowest BCUT2D eigenvalue weighted by atomic mass is 9.83. The van der Waals surface area contributed by atoms with Crippen molar-refractivity contribution in [3.8, 4) is 11.1 Å². The molecule has 1 unspecified atom stereocenters. The number of rotatable bonds is 10. The highest BCUT2D eigenvalue weighted by molar-refractivity contribution is 5.98. The topological polar surface area (TPSA) is 26.0 Å². The van der Waals surface area contributed by atoms with Gasteiger partial charge in [-0.25, -0.2) is 0 Å². The largest absolute Gasteiger partial charge is 0.333 e. The maximum absolute atomic E-state index is 4.50. The Labute approximate surface area is 373 Å². The smallest absolute Gasteiger partial charge is 0.0336 e. The molecule has 0 fully saturated rings. The third-order valence-electron chi connectivity index (χ3n) is 10.4. The molecule has 1 aliphatic rings. The normalized spacial score (nSPS) is 17.0. The van der Waals surface area contributed by atoms with E-state index >= 15 is 0 Å². The average molecular weight is 812 g/mol. The molecule has 0 heterocycles. The first-order valence-corrected chi connectivity index (χ1v) is 22.0. The number of hydrogen-bond acceptors (Lipinski definition) is 1. The van der Waals surface area contributed by atoms with Gasteiger partial charge < -0.3 is 5.73 Å². The van der Waals surface area contributed by atoms with Crippen LogP contribution in [0.2, 0.25) is 0 Å². The lowest BCUT2D eigenvalue weighted by Crippen LogP contribution is -2.04. The van der Waals surface area contributed by atoms with Gasteiger partial charge in [-0.3, -0.25) is 0 Å². The fourth-order valence-corrected chi connectivity index (χ4v) is 7.31. The highest BCUT2D eigenvalue weighted by atomic mass is 14.4. The van der Waals surface area contributed by atoms with E-state index in [1.165, 1.54) is 73.1 Å². The van der Waals surface area contributed by atoms with E-state index in [4.69, 9.17) is 0 Å². The molecule has 62 heavy (non-hydrogen) atoms. The third-order valence-corrected chi connectivity index (χ3v) is 10.4. The summed E-state index contributed by atoms with van der Waals surface area (Å²) in [6.07, 6.45) is 34.2. The molecule has 0 amide bonds. The zero-order chi connectivity index (χ0) is 44.4. The minimum absolute atomic E-state index is 0.204. The summed E-state index contributed by atoms with van der Waals surface area (Å²) < 4.78 is 0. The zero-order valence-electron chi connectivity index (χ0n) is 37.7. The molecule has 2 N–H and O–H groups in total. The number of hydrogen-bond donors (Lipinski definition) is 1. The van der Waals surface area contributed by atoms with Crippen molar-refractivity contribution in [2.45, 2.75) is 53.4 Å². The van der Waals surface area contributed by atoms with Crippen molar-refractivity contribution in [1.82, 2.24) is 0 Å². The summed E-state index contributed by atoms with van der Waals surface area (Å²) in [4.78, 5) is 0. The van der Waals surface area contributed by atoms with Crippen LogP contribution in [-0.4, -0.2) is 7.05 Å². The summed E-state index contributed by atoms with van der Waals surface area (Å²) in [5.74, 6) is 0.204. The molecule has 6 aromatic rings. The first-order chi connectivity index (χ1) is 30.6. The Morgan fingerprint density at radius 2 is 1.21 bits per heavy atom. The van der Waals surface area contributed by atoms with Crippen LogP contribution in [0.5, 0.6) is 0 Å². The molecule has 314 valence electrons. The lowest BCUT2D eigenvalue weighted by molar-refractivity contribution is 0.972. The minimum Gasteiger partial charge on any atom is -0.333 e. The second kappa shape index (κ2) is 27.1. The van der Waals surface area contributed by atoms with Gasteiger partial charge in [0.25, 0.3) is 0 Å². The minimum atomic E-state index is 0.204. The van der Waals surface area contributed by atoms with Gasteiger partial charge >= 0.3 is 0 Å². The molecular weight excluding hydrogens is 747 g/mol. The molecule has 0 spiro atoms. The van der Waals surface area contributed by atoms with Gasteiger partial charge in [-0.1, -0.05) is 240 Å². The lowest BCUT2D eigenvalue weighted by Gasteiger charge is -2.20. The van der Waals surface area contributed by atoms with Gasteiger partial charge in [-0.15, -0.1) is 0 Å². The van der Waals surface area contributed by atoms with E-state index in [2.05, 4.69) is 258 Å². The molecule has 0 bridgehead atoms. The van der Waals surface area contributed by atoms with Crippen molar-refractivity contribution >= 4 is 27.1 Å². The average Bonchev–Trinajstić information content (AvgIpc) is 3.33. The molecule has 7 rings (SSSR count). The molecule has 0 saturated heterocycles. The van der Waals surface area contributed by atoms with Crippen molar-refractivity contribution in [2.24, 2.45) is 5.73 Å². The van der Waals surface area contributed by atoms with E-state index in [1.807, 2.05) is 19.9 Å². The first kappa shape index (κ1) is 47.9. The van der Waals surface area contributed by atoms with Crippen LogP contribution in [0.1, 0.15) is 63.6 Å². The van der Waals surface area contributed by atoms with E-state index in [0.717, 1.165) is 18.4 Å². The molecule has 1 nitrogen and oxygen atoms in total. The van der Waals surface area contributed by atoms with Crippen LogP contribution in [0.4, 0.5) is 0 Å². The monoisotopic (exact) mass is 812 g/mol. The van der Waals surface area contributed by atoms with Crippen LogP contribution in [0.25, 0.3) is 38.2 Å². The number of nitrogens with two attached hydrogens (primary N) is 1. The maximum atomic E-state index is 4.50. The van der Waals surface area contributed by atoms with Crippen molar-refractivity contribution in [1.29, 1.82) is 0 Å². The quantitative estimate of drug-likeness (QED) is 0.108. The van der Waals surface area contributed by atoms with Gasteiger partial charge in [-0.2, -0.15) is 0 Å². The Hall–Kier alpha value is -6.80. The highest BCUT2D eigenvalue weighted by Crippen LogP contribution is 2.34. The predicted octanol–water partition coefficient (Wildman–Crippen LogP) is 16.9. The van der Waals surface area contributed by atoms with Crippen LogP contribution >= 0.6 is 0 Å². The standard InChI is InChI=1S/C31H24.C27H30.C2H6.CH5N/c1-2-24(26-13-8-14-27(20-26)25-9-4-3-5-10-25)17-15-23-16-18-30-21-28-11-6-7-12-29(28)22-31(30)19-23;1-4-16-24(6-3)27(26-21-14-9-15-22-26)25-19-12-7-10-17-23(5-2)18-11-8-13-20-25;2*1-2/h2-14,16-22H,1,15H2;4,6-22,27H,5H2,1-3H3;1-2H3;2H2,1H3/b24-17+;10-7+,11-8?,12-7?,13-8+,16-4-,17-10?,18-11-,19-12-,20-13?,23-17-,23-18?,24-6+,25-19?,25-20+;;. The molecule has 1 heteroatoms. The number of fused-ring (bicyclic) bond motifs is 2. The molecule has 6 aromatic carbocycles. The van der Waals surface area contributed by atoms with E-state index in [9.17, 15) is 0 Å². The number of benzene rings is 6. The van der Waals surface area contributed by atoms with Crippen molar-refractivity contribution in [3.05, 3.63) is 271 Å². The van der Waals surface area contributed by atoms with E-state index in [-0.39, 0.29) is 5.92 Å². The third kappa shape index (κ3) is 14.2. The fraction of sp³-hybridized carbons (Fsp3) is 0.148. The Morgan fingerprint density at radius 3 is 1.87 bits per heavy atom. The zero-order valence-corrected chi connectivity index (χ0v) is 37.7. The van der Waals surface area contributed by atoms with Gasteiger partial charge in [0.05, 0.1) is 0 Å². The number of allylic oxidation sites excluding steroid dienone is 19. The van der Waals surface area contributed by atoms with Crippen LogP contribution < -0.4 is 5.73 Å². The van der Waals surface area contributed by atoms with Crippen LogP contribution in [-0.2, 0) is 6.42 Å². The van der Waals surface area contributed by atoms with Crippen LogP contribution in [0.15, 0.2) is 254 Å². The molecule has 0 aliphatic heterocycles. The molecule has 1 aliphatic carbocycles. The summed E-state index contributed by atoms with van der Waals surface area (Å²) in [5.41, 5.74) is 15.8. The second-order valence-corrected chi connectivity index (χ2v) is 14.3. The van der Waals surface area contributed by atoms with Crippen molar-refractivity contribution in [3.63, 3.8) is 0 Å². The van der Waals surface area contributed by atoms with Crippen molar-refractivity contribution < 1.29 is 0 Å². The first-order valence-electron chi connectivity index (χ1n) is 22.0.